The lowest BCUT2D eigenvalue weighted by Crippen LogP contribution is -2.46. The van der Waals surface area contributed by atoms with Crippen LogP contribution in [0.25, 0.3) is 0 Å². The Labute approximate surface area is 137 Å². The molecule has 0 aromatic heterocycles. The molecule has 23 heavy (non-hydrogen) atoms. The van der Waals surface area contributed by atoms with Crippen LogP contribution in [0.1, 0.15) is 51.4 Å². The molecule has 1 unspecified atom stereocenters. The SMILES string of the molecule is O=C1CCC(C(=O)N2CCCN(C(=O)C3CCCCC3)CC2)N1. The average molecular weight is 321 g/mol. The molecule has 1 aliphatic carbocycles. The molecule has 3 aliphatic rings. The lowest BCUT2D eigenvalue weighted by atomic mass is 9.88. The van der Waals surface area contributed by atoms with Gasteiger partial charge in [0.1, 0.15) is 6.04 Å². The summed E-state index contributed by atoms with van der Waals surface area (Å²) in [4.78, 5) is 40.2. The first kappa shape index (κ1) is 16.3. The van der Waals surface area contributed by atoms with Crippen LogP contribution in [-0.2, 0) is 14.4 Å². The topological polar surface area (TPSA) is 69.7 Å². The molecule has 1 atom stereocenters. The molecule has 6 nitrogen and oxygen atoms in total. The van der Waals surface area contributed by atoms with E-state index >= 15 is 0 Å². The first-order chi connectivity index (χ1) is 11.1. The molecule has 3 rings (SSSR count). The van der Waals surface area contributed by atoms with Crippen molar-refractivity contribution >= 4 is 17.7 Å². The van der Waals surface area contributed by atoms with E-state index in [0.29, 0.717) is 32.5 Å². The van der Waals surface area contributed by atoms with E-state index in [1.165, 1.54) is 6.42 Å². The molecule has 2 aliphatic heterocycles. The number of amides is 3. The van der Waals surface area contributed by atoms with Gasteiger partial charge in [-0.05, 0) is 25.7 Å². The summed E-state index contributed by atoms with van der Waals surface area (Å²) in [6.07, 6.45) is 7.48. The Bertz CT molecular complexity index is 474. The van der Waals surface area contributed by atoms with Crippen molar-refractivity contribution in [1.82, 2.24) is 15.1 Å². The van der Waals surface area contributed by atoms with Gasteiger partial charge in [-0.3, -0.25) is 14.4 Å². The van der Waals surface area contributed by atoms with Gasteiger partial charge in [0.2, 0.25) is 17.7 Å². The van der Waals surface area contributed by atoms with Gasteiger partial charge in [0.05, 0.1) is 0 Å². The van der Waals surface area contributed by atoms with Crippen molar-refractivity contribution in [3.8, 4) is 0 Å². The van der Waals surface area contributed by atoms with E-state index in [-0.39, 0.29) is 29.7 Å². The van der Waals surface area contributed by atoms with Gasteiger partial charge < -0.3 is 15.1 Å². The van der Waals surface area contributed by atoms with Gasteiger partial charge in [-0.15, -0.1) is 0 Å². The molecule has 3 amide bonds. The Morgan fingerprint density at radius 1 is 0.826 bits per heavy atom. The van der Waals surface area contributed by atoms with Crippen molar-refractivity contribution in [2.24, 2.45) is 5.92 Å². The van der Waals surface area contributed by atoms with E-state index in [0.717, 1.165) is 38.6 Å². The normalized spacial score (nSPS) is 26.8. The molecule has 3 fully saturated rings. The second-order valence-corrected chi connectivity index (χ2v) is 7.00. The summed E-state index contributed by atoms with van der Waals surface area (Å²) in [5.74, 6) is 0.461. The van der Waals surface area contributed by atoms with Crippen LogP contribution in [0.15, 0.2) is 0 Å². The average Bonchev–Trinajstić information content (AvgIpc) is 2.87. The van der Waals surface area contributed by atoms with Crippen molar-refractivity contribution < 1.29 is 14.4 Å². The van der Waals surface area contributed by atoms with Crippen LogP contribution in [0.2, 0.25) is 0 Å². The van der Waals surface area contributed by atoms with Crippen LogP contribution in [0.3, 0.4) is 0 Å². The molecule has 0 aromatic carbocycles. The zero-order valence-electron chi connectivity index (χ0n) is 13.8. The van der Waals surface area contributed by atoms with Crippen LogP contribution in [-0.4, -0.2) is 59.7 Å². The van der Waals surface area contributed by atoms with Crippen molar-refractivity contribution in [2.45, 2.75) is 57.4 Å². The third-order valence-electron chi connectivity index (χ3n) is 5.37. The Hall–Kier alpha value is -1.59. The molecular weight excluding hydrogens is 294 g/mol. The molecular formula is C17H27N3O3. The molecule has 0 radical (unpaired) electrons. The van der Waals surface area contributed by atoms with E-state index in [2.05, 4.69) is 5.32 Å². The van der Waals surface area contributed by atoms with Gasteiger partial charge in [-0.2, -0.15) is 0 Å². The van der Waals surface area contributed by atoms with Gasteiger partial charge >= 0.3 is 0 Å². The highest BCUT2D eigenvalue weighted by atomic mass is 16.2. The van der Waals surface area contributed by atoms with Gasteiger partial charge in [-0.1, -0.05) is 19.3 Å². The number of nitrogens with one attached hydrogen (secondary N) is 1. The number of carbonyl (C=O) groups excluding carboxylic acids is 3. The quantitative estimate of drug-likeness (QED) is 0.822. The zero-order valence-corrected chi connectivity index (χ0v) is 13.8. The van der Waals surface area contributed by atoms with Gasteiger partial charge in [0, 0.05) is 38.5 Å². The fraction of sp³-hybridized carbons (Fsp3) is 0.824. The summed E-state index contributed by atoms with van der Waals surface area (Å²) >= 11 is 0. The highest BCUT2D eigenvalue weighted by molar-refractivity contribution is 5.90. The number of hydrogen-bond acceptors (Lipinski definition) is 3. The maximum Gasteiger partial charge on any atom is 0.245 e. The van der Waals surface area contributed by atoms with Crippen LogP contribution in [0.5, 0.6) is 0 Å². The van der Waals surface area contributed by atoms with Crippen molar-refractivity contribution in [2.75, 3.05) is 26.2 Å². The molecule has 128 valence electrons. The van der Waals surface area contributed by atoms with Crippen molar-refractivity contribution in [3.63, 3.8) is 0 Å². The van der Waals surface area contributed by atoms with Gasteiger partial charge in [0.15, 0.2) is 0 Å². The predicted molar refractivity (Wildman–Crippen MR) is 85.5 cm³/mol. The second kappa shape index (κ2) is 7.32. The molecule has 0 spiro atoms. The minimum atomic E-state index is -0.358. The van der Waals surface area contributed by atoms with Crippen molar-refractivity contribution in [1.29, 1.82) is 0 Å². The molecule has 1 N–H and O–H groups in total. The number of carbonyl (C=O) groups is 3. The van der Waals surface area contributed by atoms with Crippen LogP contribution in [0, 0.1) is 5.92 Å². The fourth-order valence-corrected chi connectivity index (χ4v) is 3.99. The van der Waals surface area contributed by atoms with E-state index < -0.39 is 0 Å². The standard InChI is InChI=1S/C17H27N3O3/c21-15-8-7-14(18-15)17(23)20-10-4-9-19(11-12-20)16(22)13-5-2-1-3-6-13/h13-14H,1-12H2,(H,18,21). The minimum absolute atomic E-state index is 0.0165. The Morgan fingerprint density at radius 2 is 1.48 bits per heavy atom. The number of rotatable bonds is 2. The van der Waals surface area contributed by atoms with Crippen LogP contribution >= 0.6 is 0 Å². The molecule has 2 saturated heterocycles. The molecule has 2 heterocycles. The molecule has 6 heteroatoms. The smallest absolute Gasteiger partial charge is 0.245 e. The highest BCUT2D eigenvalue weighted by Crippen LogP contribution is 2.26. The molecule has 1 saturated carbocycles. The first-order valence-corrected chi connectivity index (χ1v) is 9.02. The maximum atomic E-state index is 12.6. The van der Waals surface area contributed by atoms with E-state index in [9.17, 15) is 14.4 Å². The third kappa shape index (κ3) is 3.85. The Morgan fingerprint density at radius 3 is 2.09 bits per heavy atom. The molecule has 0 bridgehead atoms. The second-order valence-electron chi connectivity index (χ2n) is 7.00. The summed E-state index contributed by atoms with van der Waals surface area (Å²) in [5.41, 5.74) is 0. The van der Waals surface area contributed by atoms with Gasteiger partial charge in [-0.25, -0.2) is 0 Å². The van der Waals surface area contributed by atoms with Crippen molar-refractivity contribution in [3.05, 3.63) is 0 Å². The summed E-state index contributed by atoms with van der Waals surface area (Å²) < 4.78 is 0. The molecule has 0 aromatic rings. The zero-order chi connectivity index (χ0) is 16.2. The summed E-state index contributed by atoms with van der Waals surface area (Å²) in [7, 11) is 0. The monoisotopic (exact) mass is 321 g/mol. The fourth-order valence-electron chi connectivity index (χ4n) is 3.99. The van der Waals surface area contributed by atoms with E-state index in [4.69, 9.17) is 0 Å². The summed E-state index contributed by atoms with van der Waals surface area (Å²) in [6.45, 7) is 2.64. The number of hydrogen-bond donors (Lipinski definition) is 1. The van der Waals surface area contributed by atoms with Crippen LogP contribution < -0.4 is 5.32 Å². The third-order valence-corrected chi connectivity index (χ3v) is 5.37. The van der Waals surface area contributed by atoms with E-state index in [1.54, 1.807) is 0 Å². The van der Waals surface area contributed by atoms with Crippen LogP contribution in [0.4, 0.5) is 0 Å². The predicted octanol–water partition coefficient (Wildman–Crippen LogP) is 0.906. The lowest BCUT2D eigenvalue weighted by molar-refractivity contribution is -0.137. The highest BCUT2D eigenvalue weighted by Gasteiger charge is 2.33. The first-order valence-electron chi connectivity index (χ1n) is 9.02. The van der Waals surface area contributed by atoms with Gasteiger partial charge in [0.25, 0.3) is 0 Å². The number of nitrogens with zero attached hydrogens (tertiary/aromatic N) is 2. The minimum Gasteiger partial charge on any atom is -0.344 e. The largest absolute Gasteiger partial charge is 0.344 e. The summed E-state index contributed by atoms with van der Waals surface area (Å²) in [6, 6.07) is -0.358. The lowest BCUT2D eigenvalue weighted by Gasteiger charge is -2.28. The van der Waals surface area contributed by atoms with E-state index in [1.807, 2.05) is 9.80 Å². The maximum absolute atomic E-state index is 12.6. The Balaban J connectivity index is 1.53. The Kier molecular flexibility index (Phi) is 5.18. The summed E-state index contributed by atoms with van der Waals surface area (Å²) in [5, 5.41) is 2.75.